The Bertz CT molecular complexity index is 1340. The Kier molecular flexibility index (Phi) is 7.52. The number of unbranched alkanes of at least 4 members (excludes halogenated alkanes) is 2. The SMILES string of the molecule is CCCCCOc1ccc(C=c2sc3nc(C=Cc4ccccc4)nn3c2=O)cc1OCC. The molecule has 0 bridgehead atoms. The third-order valence-corrected chi connectivity index (χ3v) is 5.95. The van der Waals surface area contributed by atoms with Crippen molar-refractivity contribution in [1.82, 2.24) is 14.6 Å². The summed E-state index contributed by atoms with van der Waals surface area (Å²) < 4.78 is 13.6. The zero-order chi connectivity index (χ0) is 23.0. The molecule has 4 aromatic rings. The lowest BCUT2D eigenvalue weighted by Gasteiger charge is -2.12. The van der Waals surface area contributed by atoms with Gasteiger partial charge < -0.3 is 9.47 Å². The van der Waals surface area contributed by atoms with Crippen LogP contribution in [-0.2, 0) is 0 Å². The van der Waals surface area contributed by atoms with Crippen molar-refractivity contribution >= 4 is 34.5 Å². The van der Waals surface area contributed by atoms with Gasteiger partial charge in [-0.3, -0.25) is 4.79 Å². The maximum absolute atomic E-state index is 12.9. The molecule has 7 heteroatoms. The van der Waals surface area contributed by atoms with Gasteiger partial charge >= 0.3 is 0 Å². The maximum Gasteiger partial charge on any atom is 0.291 e. The number of hydrogen-bond donors (Lipinski definition) is 0. The van der Waals surface area contributed by atoms with Crippen LogP contribution in [0.3, 0.4) is 0 Å². The van der Waals surface area contributed by atoms with Crippen molar-refractivity contribution in [1.29, 1.82) is 0 Å². The van der Waals surface area contributed by atoms with Crippen molar-refractivity contribution in [3.05, 3.63) is 80.4 Å². The fraction of sp³-hybridized carbons (Fsp3) is 0.269. The van der Waals surface area contributed by atoms with Crippen LogP contribution in [0, 0.1) is 0 Å². The summed E-state index contributed by atoms with van der Waals surface area (Å²) in [6.07, 6.45) is 8.88. The first kappa shape index (κ1) is 22.7. The van der Waals surface area contributed by atoms with E-state index in [0.717, 1.165) is 36.1 Å². The minimum absolute atomic E-state index is 0.181. The monoisotopic (exact) mass is 461 g/mol. The second-order valence-electron chi connectivity index (χ2n) is 7.52. The summed E-state index contributed by atoms with van der Waals surface area (Å²) >= 11 is 1.32. The maximum atomic E-state index is 12.9. The second-order valence-corrected chi connectivity index (χ2v) is 8.53. The highest BCUT2D eigenvalue weighted by Gasteiger charge is 2.10. The van der Waals surface area contributed by atoms with E-state index < -0.39 is 0 Å². The first-order valence-corrected chi connectivity index (χ1v) is 12.0. The van der Waals surface area contributed by atoms with Crippen LogP contribution in [-0.4, -0.2) is 27.8 Å². The van der Waals surface area contributed by atoms with Crippen LogP contribution in [0.25, 0.3) is 23.2 Å². The van der Waals surface area contributed by atoms with Gasteiger partial charge in [-0.15, -0.1) is 5.10 Å². The van der Waals surface area contributed by atoms with Gasteiger partial charge in [0.05, 0.1) is 17.7 Å². The Hall–Kier alpha value is -3.45. The van der Waals surface area contributed by atoms with Crippen LogP contribution < -0.4 is 19.6 Å². The Morgan fingerprint density at radius 1 is 0.970 bits per heavy atom. The summed E-state index contributed by atoms with van der Waals surface area (Å²) in [6, 6.07) is 15.6. The molecular weight excluding hydrogens is 434 g/mol. The normalized spacial score (nSPS) is 12.1. The molecule has 0 fully saturated rings. The first-order valence-electron chi connectivity index (χ1n) is 11.2. The fourth-order valence-corrected chi connectivity index (χ4v) is 4.26. The molecule has 4 rings (SSSR count). The third kappa shape index (κ3) is 5.68. The quantitative estimate of drug-likeness (QED) is 0.316. The van der Waals surface area contributed by atoms with Gasteiger partial charge in [-0.05, 0) is 48.8 Å². The number of benzene rings is 2. The lowest BCUT2D eigenvalue weighted by Crippen LogP contribution is -2.23. The highest BCUT2D eigenvalue weighted by atomic mass is 32.1. The average Bonchev–Trinajstić information content (AvgIpc) is 3.36. The molecule has 0 spiro atoms. The molecular formula is C26H27N3O3S. The molecule has 0 N–H and O–H groups in total. The Balaban J connectivity index is 1.57. The van der Waals surface area contributed by atoms with Gasteiger partial charge in [0.25, 0.3) is 5.56 Å². The van der Waals surface area contributed by atoms with E-state index in [2.05, 4.69) is 17.0 Å². The molecule has 2 heterocycles. The number of ether oxygens (including phenoxy) is 2. The van der Waals surface area contributed by atoms with Crippen LogP contribution in [0.1, 0.15) is 50.1 Å². The Labute approximate surface area is 196 Å². The lowest BCUT2D eigenvalue weighted by molar-refractivity contribution is 0.271. The predicted molar refractivity (Wildman–Crippen MR) is 134 cm³/mol. The van der Waals surface area contributed by atoms with Crippen LogP contribution in [0.5, 0.6) is 11.5 Å². The van der Waals surface area contributed by atoms with Crippen LogP contribution in [0.4, 0.5) is 0 Å². The minimum Gasteiger partial charge on any atom is -0.490 e. The molecule has 0 aliphatic heterocycles. The van der Waals surface area contributed by atoms with E-state index in [9.17, 15) is 4.79 Å². The molecule has 0 saturated heterocycles. The molecule has 0 aliphatic carbocycles. The second kappa shape index (κ2) is 10.9. The standard InChI is InChI=1S/C26H27N3O3S/c1-3-5-9-16-32-21-14-12-20(17-22(21)31-4-2)18-23-25(30)29-26(33-23)27-24(28-29)15-13-19-10-7-6-8-11-19/h6-8,10-15,17-18H,3-5,9,16H2,1-2H3. The summed E-state index contributed by atoms with van der Waals surface area (Å²) in [5, 5.41) is 4.35. The molecule has 0 atom stereocenters. The van der Waals surface area contributed by atoms with E-state index in [0.29, 0.717) is 34.3 Å². The van der Waals surface area contributed by atoms with Crippen molar-refractivity contribution < 1.29 is 9.47 Å². The number of rotatable bonds is 10. The van der Waals surface area contributed by atoms with E-state index in [1.54, 1.807) is 0 Å². The van der Waals surface area contributed by atoms with Crippen molar-refractivity contribution in [2.45, 2.75) is 33.1 Å². The van der Waals surface area contributed by atoms with Gasteiger partial charge in [0.1, 0.15) is 0 Å². The molecule has 33 heavy (non-hydrogen) atoms. The zero-order valence-corrected chi connectivity index (χ0v) is 19.7. The van der Waals surface area contributed by atoms with Crippen molar-refractivity contribution in [3.8, 4) is 11.5 Å². The molecule has 2 aromatic heterocycles. The number of hydrogen-bond acceptors (Lipinski definition) is 6. The van der Waals surface area contributed by atoms with E-state index in [-0.39, 0.29) is 5.56 Å². The van der Waals surface area contributed by atoms with Crippen molar-refractivity contribution in [2.75, 3.05) is 13.2 Å². The zero-order valence-electron chi connectivity index (χ0n) is 18.9. The van der Waals surface area contributed by atoms with E-state index >= 15 is 0 Å². The van der Waals surface area contributed by atoms with Gasteiger partial charge in [0, 0.05) is 0 Å². The number of thiazole rings is 1. The molecule has 170 valence electrons. The number of nitrogens with zero attached hydrogens (tertiary/aromatic N) is 3. The van der Waals surface area contributed by atoms with Gasteiger partial charge in [-0.1, -0.05) is 73.6 Å². The molecule has 6 nitrogen and oxygen atoms in total. The van der Waals surface area contributed by atoms with Crippen LogP contribution >= 0.6 is 11.3 Å². The van der Waals surface area contributed by atoms with Gasteiger partial charge in [0.2, 0.25) is 4.96 Å². The third-order valence-electron chi connectivity index (χ3n) is 4.99. The van der Waals surface area contributed by atoms with Gasteiger partial charge in [-0.25, -0.2) is 0 Å². The van der Waals surface area contributed by atoms with E-state index in [1.165, 1.54) is 15.9 Å². The van der Waals surface area contributed by atoms with Crippen molar-refractivity contribution in [3.63, 3.8) is 0 Å². The fourth-order valence-electron chi connectivity index (χ4n) is 3.34. The Morgan fingerprint density at radius 3 is 2.58 bits per heavy atom. The first-order chi connectivity index (χ1) is 16.2. The van der Waals surface area contributed by atoms with Gasteiger partial charge in [0.15, 0.2) is 17.3 Å². The van der Waals surface area contributed by atoms with E-state index in [4.69, 9.17) is 9.47 Å². The topological polar surface area (TPSA) is 65.7 Å². The molecule has 2 aromatic carbocycles. The summed E-state index contributed by atoms with van der Waals surface area (Å²) in [6.45, 7) is 5.31. The minimum atomic E-state index is -0.181. The highest BCUT2D eigenvalue weighted by molar-refractivity contribution is 7.15. The smallest absolute Gasteiger partial charge is 0.291 e. The number of fused-ring (bicyclic) bond motifs is 1. The number of aromatic nitrogens is 3. The Morgan fingerprint density at radius 2 is 1.82 bits per heavy atom. The summed E-state index contributed by atoms with van der Waals surface area (Å²) in [7, 11) is 0. The summed E-state index contributed by atoms with van der Waals surface area (Å²) in [5.74, 6) is 1.92. The van der Waals surface area contributed by atoms with E-state index in [1.807, 2.05) is 73.7 Å². The molecule has 0 aliphatic rings. The largest absolute Gasteiger partial charge is 0.490 e. The van der Waals surface area contributed by atoms with Crippen LogP contribution in [0.15, 0.2) is 53.3 Å². The van der Waals surface area contributed by atoms with Gasteiger partial charge in [-0.2, -0.15) is 9.50 Å². The summed E-state index contributed by atoms with van der Waals surface area (Å²) in [5.41, 5.74) is 1.74. The molecule has 0 saturated carbocycles. The molecule has 0 radical (unpaired) electrons. The molecule has 0 unspecified atom stereocenters. The predicted octanol–water partition coefficient (Wildman–Crippen LogP) is 4.84. The average molecular weight is 462 g/mol. The summed E-state index contributed by atoms with van der Waals surface area (Å²) in [4.78, 5) is 17.9. The molecule has 0 amide bonds. The van der Waals surface area contributed by atoms with Crippen molar-refractivity contribution in [2.24, 2.45) is 0 Å². The highest BCUT2D eigenvalue weighted by Crippen LogP contribution is 2.29. The van der Waals surface area contributed by atoms with Crippen LogP contribution in [0.2, 0.25) is 0 Å². The lowest BCUT2D eigenvalue weighted by atomic mass is 10.2.